The topological polar surface area (TPSA) is 55.1 Å². The van der Waals surface area contributed by atoms with E-state index in [0.717, 1.165) is 35.2 Å². The van der Waals surface area contributed by atoms with Crippen LogP contribution in [-0.2, 0) is 17.6 Å². The Kier molecular flexibility index (Phi) is 5.17. The van der Waals surface area contributed by atoms with Gasteiger partial charge in [0.15, 0.2) is 5.58 Å². The van der Waals surface area contributed by atoms with Gasteiger partial charge in [-0.2, -0.15) is 0 Å². The predicted molar refractivity (Wildman–Crippen MR) is 121 cm³/mol. The molecule has 0 fully saturated rings. The molecule has 5 heteroatoms. The number of carbonyl (C=O) groups is 1. The van der Waals surface area contributed by atoms with Gasteiger partial charge in [-0.25, -0.2) is 0 Å². The van der Waals surface area contributed by atoms with Crippen LogP contribution in [0.5, 0.6) is 0 Å². The van der Waals surface area contributed by atoms with Crippen molar-refractivity contribution in [1.82, 2.24) is 5.16 Å². The maximum atomic E-state index is 11.4. The second-order valence-electron chi connectivity index (χ2n) is 8.07. The standard InChI is InChI=1S/C24H26N2O2S/c1-13(2)24-17-7-6-14(3)10-23(17)29-22(24)9-8-19-18-11-15(4)20(25-16(5)27)12-21(18)28-26-19/h6-7,10-13H,8-9H2,1-5H3,(H,25,27). The van der Waals surface area contributed by atoms with E-state index >= 15 is 0 Å². The van der Waals surface area contributed by atoms with Crippen LogP contribution in [0.25, 0.3) is 21.1 Å². The van der Waals surface area contributed by atoms with Crippen molar-refractivity contribution in [1.29, 1.82) is 0 Å². The number of nitrogens with zero attached hydrogens (tertiary/aromatic N) is 1. The normalized spacial score (nSPS) is 11.7. The fraction of sp³-hybridized carbons (Fsp3) is 0.333. The van der Waals surface area contributed by atoms with Gasteiger partial charge >= 0.3 is 0 Å². The van der Waals surface area contributed by atoms with Crippen LogP contribution in [0.15, 0.2) is 34.9 Å². The number of nitrogens with one attached hydrogen (secondary N) is 1. The van der Waals surface area contributed by atoms with Crippen LogP contribution in [0.1, 0.15) is 54.0 Å². The Morgan fingerprint density at radius 1 is 1.14 bits per heavy atom. The van der Waals surface area contributed by atoms with E-state index in [0.29, 0.717) is 11.5 Å². The van der Waals surface area contributed by atoms with Crippen LogP contribution in [-0.4, -0.2) is 11.1 Å². The number of fused-ring (bicyclic) bond motifs is 2. The Hall–Kier alpha value is -2.66. The summed E-state index contributed by atoms with van der Waals surface area (Å²) >= 11 is 1.90. The highest BCUT2D eigenvalue weighted by molar-refractivity contribution is 7.19. The first-order valence-corrected chi connectivity index (χ1v) is 10.8. The van der Waals surface area contributed by atoms with Crippen molar-refractivity contribution in [3.05, 3.63) is 57.6 Å². The van der Waals surface area contributed by atoms with Crippen molar-refractivity contribution in [3.8, 4) is 0 Å². The lowest BCUT2D eigenvalue weighted by atomic mass is 9.96. The summed E-state index contributed by atoms with van der Waals surface area (Å²) in [4.78, 5) is 12.8. The lowest BCUT2D eigenvalue weighted by Gasteiger charge is -2.08. The highest BCUT2D eigenvalue weighted by Gasteiger charge is 2.17. The first kappa shape index (κ1) is 19.6. The number of hydrogen-bond donors (Lipinski definition) is 1. The molecule has 0 saturated heterocycles. The number of benzene rings is 2. The van der Waals surface area contributed by atoms with Crippen molar-refractivity contribution >= 4 is 44.0 Å². The van der Waals surface area contributed by atoms with E-state index in [1.807, 2.05) is 24.3 Å². The van der Waals surface area contributed by atoms with E-state index in [-0.39, 0.29) is 5.91 Å². The minimum atomic E-state index is -0.0894. The fourth-order valence-electron chi connectivity index (χ4n) is 3.97. The van der Waals surface area contributed by atoms with Crippen molar-refractivity contribution in [2.45, 2.75) is 53.4 Å². The number of hydrogen-bond acceptors (Lipinski definition) is 4. The molecule has 150 valence electrons. The van der Waals surface area contributed by atoms with Gasteiger partial charge in [-0.05, 0) is 66.8 Å². The second kappa shape index (κ2) is 7.64. The summed E-state index contributed by atoms with van der Waals surface area (Å²) in [5.74, 6) is 0.395. The average molecular weight is 407 g/mol. The average Bonchev–Trinajstić information content (AvgIpc) is 3.20. The molecular formula is C24H26N2O2S. The number of amides is 1. The molecule has 0 spiro atoms. The molecular weight excluding hydrogens is 380 g/mol. The molecule has 1 N–H and O–H groups in total. The van der Waals surface area contributed by atoms with E-state index in [2.05, 4.69) is 55.5 Å². The summed E-state index contributed by atoms with van der Waals surface area (Å²) in [7, 11) is 0. The molecule has 4 aromatic rings. The van der Waals surface area contributed by atoms with E-state index in [1.165, 1.54) is 33.0 Å². The summed E-state index contributed by atoms with van der Waals surface area (Å²) in [6.45, 7) is 10.2. The van der Waals surface area contributed by atoms with Crippen LogP contribution in [0, 0.1) is 13.8 Å². The van der Waals surface area contributed by atoms with Crippen LogP contribution in [0.2, 0.25) is 0 Å². The Labute approximate surface area is 174 Å². The third kappa shape index (κ3) is 3.79. The molecule has 0 radical (unpaired) electrons. The smallest absolute Gasteiger partial charge is 0.221 e. The lowest BCUT2D eigenvalue weighted by Crippen LogP contribution is -2.06. The van der Waals surface area contributed by atoms with Gasteiger partial charge < -0.3 is 9.84 Å². The summed E-state index contributed by atoms with van der Waals surface area (Å²) in [6.07, 6.45) is 1.78. The molecule has 0 aliphatic heterocycles. The molecule has 0 aliphatic rings. The minimum absolute atomic E-state index is 0.0894. The third-order valence-corrected chi connectivity index (χ3v) is 6.56. The number of aromatic nitrogens is 1. The Morgan fingerprint density at radius 2 is 1.93 bits per heavy atom. The van der Waals surface area contributed by atoms with Crippen molar-refractivity contribution < 1.29 is 9.32 Å². The highest BCUT2D eigenvalue weighted by atomic mass is 32.1. The zero-order valence-corrected chi connectivity index (χ0v) is 18.4. The minimum Gasteiger partial charge on any atom is -0.356 e. The van der Waals surface area contributed by atoms with Crippen molar-refractivity contribution in [2.75, 3.05) is 5.32 Å². The predicted octanol–water partition coefficient (Wildman–Crippen LogP) is 6.53. The summed E-state index contributed by atoms with van der Waals surface area (Å²) in [5, 5.41) is 9.59. The lowest BCUT2D eigenvalue weighted by molar-refractivity contribution is -0.114. The second-order valence-corrected chi connectivity index (χ2v) is 9.20. The number of carbonyl (C=O) groups excluding carboxylic acids is 1. The van der Waals surface area contributed by atoms with E-state index < -0.39 is 0 Å². The maximum Gasteiger partial charge on any atom is 0.221 e. The zero-order valence-electron chi connectivity index (χ0n) is 17.6. The molecule has 0 unspecified atom stereocenters. The van der Waals surface area contributed by atoms with Gasteiger partial charge in [-0.15, -0.1) is 11.3 Å². The largest absolute Gasteiger partial charge is 0.356 e. The zero-order chi connectivity index (χ0) is 20.7. The van der Waals surface area contributed by atoms with Gasteiger partial charge in [0.2, 0.25) is 5.91 Å². The molecule has 0 atom stereocenters. The molecule has 2 aromatic heterocycles. The molecule has 0 bridgehead atoms. The van der Waals surface area contributed by atoms with Gasteiger partial charge in [0.1, 0.15) is 0 Å². The fourth-order valence-corrected chi connectivity index (χ4v) is 5.43. The van der Waals surface area contributed by atoms with Gasteiger partial charge in [-0.1, -0.05) is 31.1 Å². The molecule has 1 amide bonds. The first-order chi connectivity index (χ1) is 13.8. The van der Waals surface area contributed by atoms with Crippen LogP contribution in [0.3, 0.4) is 0 Å². The third-order valence-electron chi connectivity index (χ3n) is 5.33. The number of aryl methyl sites for hydroxylation is 4. The molecule has 0 aliphatic carbocycles. The molecule has 0 saturated carbocycles. The van der Waals surface area contributed by atoms with E-state index in [4.69, 9.17) is 4.52 Å². The molecule has 29 heavy (non-hydrogen) atoms. The summed E-state index contributed by atoms with van der Waals surface area (Å²) in [5.41, 5.74) is 6.23. The van der Waals surface area contributed by atoms with Gasteiger partial charge in [0.25, 0.3) is 0 Å². The Morgan fingerprint density at radius 3 is 2.66 bits per heavy atom. The van der Waals surface area contributed by atoms with E-state index in [9.17, 15) is 4.79 Å². The number of rotatable bonds is 5. The summed E-state index contributed by atoms with van der Waals surface area (Å²) in [6, 6.07) is 10.7. The van der Waals surface area contributed by atoms with Gasteiger partial charge in [-0.3, -0.25) is 4.79 Å². The molecule has 2 heterocycles. The quantitative estimate of drug-likeness (QED) is 0.410. The molecule has 2 aromatic carbocycles. The molecule has 4 rings (SSSR count). The van der Waals surface area contributed by atoms with Crippen molar-refractivity contribution in [3.63, 3.8) is 0 Å². The number of thiophene rings is 1. The monoisotopic (exact) mass is 406 g/mol. The SMILES string of the molecule is CC(=O)Nc1cc2onc(CCc3sc4cc(C)ccc4c3C(C)C)c2cc1C. The van der Waals surface area contributed by atoms with Gasteiger partial charge in [0.05, 0.1) is 5.69 Å². The van der Waals surface area contributed by atoms with Crippen LogP contribution >= 0.6 is 11.3 Å². The first-order valence-electron chi connectivity index (χ1n) is 10.0. The Bertz CT molecular complexity index is 1220. The highest BCUT2D eigenvalue weighted by Crippen LogP contribution is 2.37. The van der Waals surface area contributed by atoms with Gasteiger partial charge in [0, 0.05) is 33.6 Å². The number of anilines is 1. The van der Waals surface area contributed by atoms with Crippen molar-refractivity contribution in [2.24, 2.45) is 0 Å². The summed E-state index contributed by atoms with van der Waals surface area (Å²) < 4.78 is 6.93. The Balaban J connectivity index is 1.65. The maximum absolute atomic E-state index is 11.4. The molecule has 4 nitrogen and oxygen atoms in total. The van der Waals surface area contributed by atoms with E-state index in [1.54, 1.807) is 0 Å². The van der Waals surface area contributed by atoms with Crippen LogP contribution < -0.4 is 5.32 Å². The van der Waals surface area contributed by atoms with Crippen LogP contribution in [0.4, 0.5) is 5.69 Å².